The van der Waals surface area contributed by atoms with Crippen LogP contribution in [0.3, 0.4) is 0 Å². The van der Waals surface area contributed by atoms with E-state index in [9.17, 15) is 19.2 Å². The highest BCUT2D eigenvalue weighted by molar-refractivity contribution is 6.38. The number of pyridine rings is 1. The Kier molecular flexibility index (Phi) is 8.17. The van der Waals surface area contributed by atoms with Crippen LogP contribution >= 0.6 is 23.2 Å². The molecule has 0 amide bonds. The Morgan fingerprint density at radius 2 is 1.39 bits per heavy atom. The van der Waals surface area contributed by atoms with Gasteiger partial charge in [0.1, 0.15) is 22.5 Å². The van der Waals surface area contributed by atoms with Crippen molar-refractivity contribution < 1.29 is 23.5 Å². The number of carbonyl (C=O) groups excluding carboxylic acids is 2. The molecule has 49 heavy (non-hydrogen) atoms. The molecule has 0 saturated heterocycles. The molecule has 0 unspecified atom stereocenters. The quantitative estimate of drug-likeness (QED) is 0.0514. The van der Waals surface area contributed by atoms with Gasteiger partial charge < -0.3 is 13.9 Å². The fourth-order valence-electron chi connectivity index (χ4n) is 6.15. The predicted molar refractivity (Wildman–Crippen MR) is 193 cm³/mol. The molecule has 246 valence electrons. The fraction of sp³-hybridized carbons (Fsp3) is 0.179. The molecule has 5 aromatic carbocycles. The third kappa shape index (κ3) is 5.92. The maximum Gasteiger partial charge on any atom is 0.338 e. The lowest BCUT2D eigenvalue weighted by Crippen LogP contribution is -2.33. The normalized spacial score (nSPS) is 11.9. The summed E-state index contributed by atoms with van der Waals surface area (Å²) < 4.78 is 18.8. The van der Waals surface area contributed by atoms with E-state index in [0.29, 0.717) is 56.7 Å². The van der Waals surface area contributed by atoms with Crippen LogP contribution in [0.1, 0.15) is 47.9 Å². The van der Waals surface area contributed by atoms with Crippen molar-refractivity contribution in [1.29, 1.82) is 0 Å². The zero-order valence-corrected chi connectivity index (χ0v) is 28.3. The maximum absolute atomic E-state index is 13.7. The van der Waals surface area contributed by atoms with Crippen molar-refractivity contribution in [3.8, 4) is 16.9 Å². The van der Waals surface area contributed by atoms with Gasteiger partial charge in [0.15, 0.2) is 6.29 Å². The Labute approximate surface area is 289 Å². The zero-order chi connectivity index (χ0) is 34.6. The molecular formula is C39H29Cl2NO7. The number of esters is 1. The van der Waals surface area contributed by atoms with Crippen LogP contribution in [0.4, 0.5) is 0 Å². The first-order chi connectivity index (χ1) is 23.4. The number of carbonyl (C=O) groups is 2. The largest absolute Gasteiger partial charge is 0.493 e. The summed E-state index contributed by atoms with van der Waals surface area (Å²) in [4.78, 5) is 51.1. The van der Waals surface area contributed by atoms with Crippen LogP contribution < -0.4 is 15.9 Å². The van der Waals surface area contributed by atoms with E-state index in [-0.39, 0.29) is 34.7 Å². The van der Waals surface area contributed by atoms with E-state index < -0.39 is 16.7 Å². The second-order valence-electron chi connectivity index (χ2n) is 12.8. The van der Waals surface area contributed by atoms with Crippen LogP contribution in [0.5, 0.6) is 5.75 Å². The number of benzene rings is 5. The molecule has 7 aromatic rings. The van der Waals surface area contributed by atoms with Crippen LogP contribution in [-0.4, -0.2) is 29.0 Å². The number of rotatable bonds is 8. The highest BCUT2D eigenvalue weighted by atomic mass is 35.5. The highest BCUT2D eigenvalue weighted by Crippen LogP contribution is 2.38. The number of nitrogens with zero attached hydrogens (tertiary/aromatic N) is 1. The number of hydrogen-bond donors (Lipinski definition) is 0. The van der Waals surface area contributed by atoms with Gasteiger partial charge in [0, 0.05) is 33.5 Å². The SMILES string of the molecule is CC(C)(C)OC(=O)c1ccc(-c2ccc3oc4ccc5c(=O)n(CCCOc6cc(Cl)c(C=O)c(Cl)c6)c(=O)c6ccc(c3c2)c4c56)cc1. The Bertz CT molecular complexity index is 2510. The summed E-state index contributed by atoms with van der Waals surface area (Å²) in [6, 6.07) is 23.2. The van der Waals surface area contributed by atoms with E-state index in [0.717, 1.165) is 21.9 Å². The molecule has 0 aliphatic carbocycles. The lowest BCUT2D eigenvalue weighted by Gasteiger charge is -2.19. The lowest BCUT2D eigenvalue weighted by molar-refractivity contribution is 0.00694. The van der Waals surface area contributed by atoms with Crippen LogP contribution in [0.25, 0.3) is 54.6 Å². The van der Waals surface area contributed by atoms with Crippen molar-refractivity contribution >= 4 is 78.9 Å². The van der Waals surface area contributed by atoms with Crippen molar-refractivity contribution in [2.45, 2.75) is 39.3 Å². The van der Waals surface area contributed by atoms with E-state index in [1.54, 1.807) is 30.3 Å². The number of aromatic nitrogens is 1. The van der Waals surface area contributed by atoms with Gasteiger partial charge in [0.2, 0.25) is 0 Å². The Balaban J connectivity index is 1.22. The predicted octanol–water partition coefficient (Wildman–Crippen LogP) is 9.06. The monoisotopic (exact) mass is 693 g/mol. The topological polar surface area (TPSA) is 105 Å². The van der Waals surface area contributed by atoms with Crippen molar-refractivity contribution in [3.05, 3.63) is 121 Å². The third-order valence-corrected chi connectivity index (χ3v) is 9.01. The molecule has 0 saturated carbocycles. The van der Waals surface area contributed by atoms with Gasteiger partial charge >= 0.3 is 5.97 Å². The number of fused-ring (bicyclic) bond motifs is 2. The van der Waals surface area contributed by atoms with Gasteiger partial charge in [0.05, 0.1) is 27.8 Å². The second-order valence-corrected chi connectivity index (χ2v) is 13.6. The number of ether oxygens (including phenoxy) is 2. The Morgan fingerprint density at radius 1 is 0.776 bits per heavy atom. The van der Waals surface area contributed by atoms with Gasteiger partial charge in [-0.3, -0.25) is 19.0 Å². The van der Waals surface area contributed by atoms with Gasteiger partial charge in [-0.15, -0.1) is 0 Å². The second kappa shape index (κ2) is 12.4. The van der Waals surface area contributed by atoms with Crippen molar-refractivity contribution in [2.75, 3.05) is 6.61 Å². The van der Waals surface area contributed by atoms with Crippen molar-refractivity contribution in [3.63, 3.8) is 0 Å². The molecule has 7 rings (SSSR count). The van der Waals surface area contributed by atoms with E-state index in [1.807, 2.05) is 57.2 Å². The summed E-state index contributed by atoms with van der Waals surface area (Å²) in [5.41, 5.74) is 2.29. The molecule has 2 aromatic heterocycles. The molecule has 2 heterocycles. The molecule has 0 radical (unpaired) electrons. The van der Waals surface area contributed by atoms with Gasteiger partial charge in [-0.1, -0.05) is 47.5 Å². The smallest absolute Gasteiger partial charge is 0.338 e. The van der Waals surface area contributed by atoms with Gasteiger partial charge in [-0.05, 0) is 98.3 Å². The first-order valence-electron chi connectivity index (χ1n) is 15.6. The molecule has 0 spiro atoms. The first kappa shape index (κ1) is 32.4. The summed E-state index contributed by atoms with van der Waals surface area (Å²) in [6.07, 6.45) is 0.932. The standard InChI is InChI=1S/C39H29Cl2NO7/c1-39(2,3)49-38(46)22-7-5-21(6-8-22)23-9-13-32-28(17-23)25-10-11-26-34-27(12-14-33(48-32)35(25)34)37(45)42(36(26)44)15-4-16-47-24-18-30(40)29(20-43)31(41)19-24/h5-14,17-20H,4,15-16H2,1-3H3. The molecule has 0 aliphatic heterocycles. The minimum Gasteiger partial charge on any atom is -0.493 e. The van der Waals surface area contributed by atoms with Crippen LogP contribution in [-0.2, 0) is 11.3 Å². The van der Waals surface area contributed by atoms with Crippen molar-refractivity contribution in [1.82, 2.24) is 4.57 Å². The minimum atomic E-state index is -0.590. The van der Waals surface area contributed by atoms with E-state index in [1.165, 1.54) is 16.7 Å². The summed E-state index contributed by atoms with van der Waals surface area (Å²) >= 11 is 12.2. The summed E-state index contributed by atoms with van der Waals surface area (Å²) in [7, 11) is 0. The van der Waals surface area contributed by atoms with Crippen LogP contribution in [0, 0.1) is 0 Å². The maximum atomic E-state index is 13.7. The Morgan fingerprint density at radius 3 is 2.04 bits per heavy atom. The molecule has 0 bridgehead atoms. The summed E-state index contributed by atoms with van der Waals surface area (Å²) in [6.45, 7) is 5.80. The van der Waals surface area contributed by atoms with Gasteiger partial charge in [-0.25, -0.2) is 4.79 Å². The Hall–Kier alpha value is -5.18. The van der Waals surface area contributed by atoms with Gasteiger partial charge in [-0.2, -0.15) is 0 Å². The minimum absolute atomic E-state index is 0.130. The average molecular weight is 695 g/mol. The molecular weight excluding hydrogens is 665 g/mol. The number of hydrogen-bond acceptors (Lipinski definition) is 7. The number of halogens is 2. The zero-order valence-electron chi connectivity index (χ0n) is 26.8. The molecule has 0 atom stereocenters. The number of aldehydes is 1. The molecule has 0 fully saturated rings. The van der Waals surface area contributed by atoms with Gasteiger partial charge in [0.25, 0.3) is 11.1 Å². The van der Waals surface area contributed by atoms with Crippen LogP contribution in [0.2, 0.25) is 10.0 Å². The highest BCUT2D eigenvalue weighted by Gasteiger charge is 2.20. The molecule has 0 N–H and O–H groups in total. The first-order valence-corrected chi connectivity index (χ1v) is 16.4. The van der Waals surface area contributed by atoms with E-state index >= 15 is 0 Å². The molecule has 0 aliphatic rings. The average Bonchev–Trinajstić information content (AvgIpc) is 3.06. The summed E-state index contributed by atoms with van der Waals surface area (Å²) in [5, 5.41) is 4.13. The fourth-order valence-corrected chi connectivity index (χ4v) is 6.71. The molecule has 10 heteroatoms. The lowest BCUT2D eigenvalue weighted by atomic mass is 9.95. The van der Waals surface area contributed by atoms with E-state index in [2.05, 4.69) is 0 Å². The third-order valence-electron chi connectivity index (χ3n) is 8.38. The van der Waals surface area contributed by atoms with Crippen molar-refractivity contribution in [2.24, 2.45) is 0 Å². The van der Waals surface area contributed by atoms with Crippen LogP contribution in [0.15, 0.2) is 92.9 Å². The molecule has 8 nitrogen and oxygen atoms in total. The van der Waals surface area contributed by atoms with E-state index in [4.69, 9.17) is 37.1 Å². The summed E-state index contributed by atoms with van der Waals surface area (Å²) in [5.74, 6) is -0.00836.